The lowest BCUT2D eigenvalue weighted by Crippen LogP contribution is -2.47. The predicted molar refractivity (Wildman–Crippen MR) is 125 cm³/mol. The Balaban J connectivity index is 1.90. The van der Waals surface area contributed by atoms with Crippen LogP contribution in [0.4, 0.5) is 11.6 Å². The maximum absolute atomic E-state index is 12.9. The second-order valence-corrected chi connectivity index (χ2v) is 10.7. The Morgan fingerprint density at radius 2 is 1.81 bits per heavy atom. The van der Waals surface area contributed by atoms with E-state index >= 15 is 0 Å². The van der Waals surface area contributed by atoms with Crippen molar-refractivity contribution in [2.75, 3.05) is 29.5 Å². The van der Waals surface area contributed by atoms with Crippen molar-refractivity contribution in [3.05, 3.63) is 53.1 Å². The Hall–Kier alpha value is -2.45. The highest BCUT2D eigenvalue weighted by atomic mass is 32.2. The number of sulfonamides is 1. The summed E-state index contributed by atoms with van der Waals surface area (Å²) < 4.78 is 25.2. The van der Waals surface area contributed by atoms with Crippen molar-refractivity contribution in [1.29, 1.82) is 0 Å². The Morgan fingerprint density at radius 1 is 1.06 bits per heavy atom. The number of carbonyl (C=O) groups excluding carboxylic acids is 1. The third kappa shape index (κ3) is 6.27. The van der Waals surface area contributed by atoms with Crippen molar-refractivity contribution in [1.82, 2.24) is 4.98 Å². The first-order valence-electron chi connectivity index (χ1n) is 10.6. The largest absolute Gasteiger partial charge is 0.370 e. The van der Waals surface area contributed by atoms with E-state index in [1.807, 2.05) is 18.2 Å². The van der Waals surface area contributed by atoms with Crippen LogP contribution < -0.4 is 15.4 Å². The average Bonchev–Trinajstić information content (AvgIpc) is 2.69. The third-order valence-electron chi connectivity index (χ3n) is 5.73. The van der Waals surface area contributed by atoms with Gasteiger partial charge in [-0.2, -0.15) is 0 Å². The number of pyridine rings is 1. The van der Waals surface area contributed by atoms with Gasteiger partial charge in [0.25, 0.3) is 0 Å². The first-order chi connectivity index (χ1) is 14.5. The summed E-state index contributed by atoms with van der Waals surface area (Å²) in [5.74, 6) is 0.927. The maximum Gasteiger partial charge on any atom is 0.233 e. The topological polar surface area (TPSA) is 105 Å². The van der Waals surface area contributed by atoms with E-state index in [-0.39, 0.29) is 12.2 Å². The fourth-order valence-corrected chi connectivity index (χ4v) is 4.20. The van der Waals surface area contributed by atoms with Crippen LogP contribution >= 0.6 is 0 Å². The zero-order valence-electron chi connectivity index (χ0n) is 18.5. The molecule has 0 spiro atoms. The Kier molecular flexibility index (Phi) is 7.01. The van der Waals surface area contributed by atoms with Gasteiger partial charge in [-0.3, -0.25) is 9.10 Å². The molecule has 1 aromatic carbocycles. The van der Waals surface area contributed by atoms with Gasteiger partial charge in [0.2, 0.25) is 10.0 Å². The number of aromatic nitrogens is 1. The van der Waals surface area contributed by atoms with Crippen molar-refractivity contribution in [3.63, 3.8) is 0 Å². The summed E-state index contributed by atoms with van der Waals surface area (Å²) in [5.41, 5.74) is 8.62. The van der Waals surface area contributed by atoms with Crippen LogP contribution in [0.1, 0.15) is 42.9 Å². The molecular weight excluding hydrogens is 412 g/mol. The van der Waals surface area contributed by atoms with Gasteiger partial charge >= 0.3 is 0 Å². The van der Waals surface area contributed by atoms with E-state index in [0.29, 0.717) is 24.5 Å². The number of aryl methyl sites for hydroxylation is 2. The summed E-state index contributed by atoms with van der Waals surface area (Å²) in [6, 6.07) is 11.9. The zero-order valence-corrected chi connectivity index (χ0v) is 19.3. The number of nitrogens with one attached hydrogen (secondary N) is 1. The maximum atomic E-state index is 12.9. The number of nitrogens with zero attached hydrogens (tertiary/aromatic N) is 2. The van der Waals surface area contributed by atoms with Gasteiger partial charge in [-0.1, -0.05) is 24.3 Å². The second kappa shape index (κ2) is 9.36. The van der Waals surface area contributed by atoms with Crippen LogP contribution in [0.5, 0.6) is 0 Å². The monoisotopic (exact) mass is 444 g/mol. The van der Waals surface area contributed by atoms with Gasteiger partial charge in [-0.05, 0) is 67.9 Å². The first kappa shape index (κ1) is 23.2. The second-order valence-electron chi connectivity index (χ2n) is 8.67. The fourth-order valence-electron chi connectivity index (χ4n) is 3.77. The molecule has 7 nitrogen and oxygen atoms in total. The first-order valence-corrected chi connectivity index (χ1v) is 12.5. The molecule has 1 atom stereocenters. The Labute approximate surface area is 185 Å². The van der Waals surface area contributed by atoms with E-state index in [1.54, 1.807) is 13.0 Å². The number of benzene rings is 1. The van der Waals surface area contributed by atoms with E-state index in [1.165, 1.54) is 12.6 Å². The van der Waals surface area contributed by atoms with Crippen LogP contribution in [0.3, 0.4) is 0 Å². The molecule has 3 N–H and O–H groups in total. The van der Waals surface area contributed by atoms with Crippen molar-refractivity contribution >= 4 is 27.4 Å². The molecule has 2 heterocycles. The highest BCUT2D eigenvalue weighted by molar-refractivity contribution is 7.92. The molecule has 4 bridgehead atoms. The van der Waals surface area contributed by atoms with E-state index in [4.69, 9.17) is 5.73 Å². The van der Waals surface area contributed by atoms with Gasteiger partial charge in [-0.15, -0.1) is 0 Å². The molecule has 0 aliphatic carbocycles. The molecule has 168 valence electrons. The number of carbonyl (C=O) groups is 1. The summed E-state index contributed by atoms with van der Waals surface area (Å²) in [6.07, 6.45) is 5.29. The van der Waals surface area contributed by atoms with Gasteiger partial charge in [0.05, 0.1) is 11.8 Å². The normalized spacial score (nSPS) is 20.7. The lowest BCUT2D eigenvalue weighted by atomic mass is 9.86. The van der Waals surface area contributed by atoms with Crippen molar-refractivity contribution in [3.8, 4) is 0 Å². The van der Waals surface area contributed by atoms with Gasteiger partial charge < -0.3 is 11.1 Å². The SMILES string of the molecule is CN(c1cc2cc(n1)NCCCCc1cccc(c1)CC(C)(N)C(=O)CC2)S(C)(=O)=O. The fraction of sp³-hybridized carbons (Fsp3) is 0.478. The number of fused-ring (bicyclic) bond motifs is 4. The van der Waals surface area contributed by atoms with Crippen LogP contribution in [0.25, 0.3) is 0 Å². The summed E-state index contributed by atoms with van der Waals surface area (Å²) in [5, 5.41) is 3.31. The molecule has 8 heteroatoms. The number of rotatable bonds is 2. The van der Waals surface area contributed by atoms with Gasteiger partial charge in [-0.25, -0.2) is 13.4 Å². The van der Waals surface area contributed by atoms with E-state index in [2.05, 4.69) is 22.4 Å². The summed E-state index contributed by atoms with van der Waals surface area (Å²) in [4.78, 5) is 17.4. The highest BCUT2D eigenvalue weighted by Crippen LogP contribution is 2.22. The predicted octanol–water partition coefficient (Wildman–Crippen LogP) is 2.69. The van der Waals surface area contributed by atoms with Crippen LogP contribution in [0.15, 0.2) is 36.4 Å². The number of Topliss-reactive ketones (excluding diaryl/α,β-unsaturated/α-hetero) is 1. The van der Waals surface area contributed by atoms with Crippen molar-refractivity contribution in [2.24, 2.45) is 5.73 Å². The van der Waals surface area contributed by atoms with Gasteiger partial charge in [0, 0.05) is 20.0 Å². The lowest BCUT2D eigenvalue weighted by molar-refractivity contribution is -0.123. The molecule has 1 aliphatic heterocycles. The van der Waals surface area contributed by atoms with Crippen LogP contribution in [-0.2, 0) is 34.1 Å². The smallest absolute Gasteiger partial charge is 0.233 e. The minimum atomic E-state index is -3.44. The van der Waals surface area contributed by atoms with Gasteiger partial charge in [0.15, 0.2) is 5.78 Å². The minimum Gasteiger partial charge on any atom is -0.370 e. The Morgan fingerprint density at radius 3 is 2.55 bits per heavy atom. The van der Waals surface area contributed by atoms with Crippen LogP contribution in [0, 0.1) is 0 Å². The summed E-state index contributed by atoms with van der Waals surface area (Å²) in [7, 11) is -1.97. The number of nitrogens with two attached hydrogens (primary N) is 1. The molecule has 0 saturated heterocycles. The quantitative estimate of drug-likeness (QED) is 0.738. The molecule has 0 saturated carbocycles. The molecule has 1 aromatic heterocycles. The van der Waals surface area contributed by atoms with Crippen LogP contribution in [-0.4, -0.2) is 44.6 Å². The lowest BCUT2D eigenvalue weighted by Gasteiger charge is -2.24. The number of hydrogen-bond donors (Lipinski definition) is 2. The van der Waals surface area contributed by atoms with Crippen molar-refractivity contribution < 1.29 is 13.2 Å². The van der Waals surface area contributed by atoms with Crippen LogP contribution in [0.2, 0.25) is 0 Å². The molecule has 0 amide bonds. The van der Waals surface area contributed by atoms with Gasteiger partial charge in [0.1, 0.15) is 11.6 Å². The minimum absolute atomic E-state index is 0.0191. The molecule has 1 unspecified atom stereocenters. The third-order valence-corrected chi connectivity index (χ3v) is 6.91. The van der Waals surface area contributed by atoms with Crippen molar-refractivity contribution in [2.45, 2.75) is 51.0 Å². The van der Waals surface area contributed by atoms with E-state index < -0.39 is 15.6 Å². The number of ketones is 1. The van der Waals surface area contributed by atoms with E-state index in [9.17, 15) is 13.2 Å². The molecule has 0 fully saturated rings. The summed E-state index contributed by atoms with van der Waals surface area (Å²) in [6.45, 7) is 2.52. The standard InChI is InChI=1S/C23H32N4O3S/c1-23(24)16-19-9-6-8-17(13-19)7-4-5-12-25-21-14-18(10-11-20(23)28)15-22(26-21)27(2)31(3,29)30/h6,8-9,13-15H,4-5,7,10-12,16,24H2,1-3H3,(H,25,26). The number of hydrogen-bond acceptors (Lipinski definition) is 6. The summed E-state index contributed by atoms with van der Waals surface area (Å²) >= 11 is 0. The zero-order chi connectivity index (χ0) is 22.6. The average molecular weight is 445 g/mol. The molecule has 1 aliphatic rings. The van der Waals surface area contributed by atoms with E-state index in [0.717, 1.165) is 47.5 Å². The molecule has 31 heavy (non-hydrogen) atoms. The molecule has 2 aromatic rings. The molecular formula is C23H32N4O3S. The molecule has 3 rings (SSSR count). The Bertz CT molecular complexity index is 1050. The number of anilines is 2. The highest BCUT2D eigenvalue weighted by Gasteiger charge is 2.28. The molecule has 0 radical (unpaired) electrons.